The van der Waals surface area contributed by atoms with Crippen molar-refractivity contribution in [2.24, 2.45) is 0 Å². The highest BCUT2D eigenvalue weighted by molar-refractivity contribution is 7.11. The van der Waals surface area contributed by atoms with Crippen LogP contribution in [0.25, 0.3) is 0 Å². The third kappa shape index (κ3) is 2.18. The van der Waals surface area contributed by atoms with Gasteiger partial charge >= 0.3 is 0 Å². The molecule has 0 N–H and O–H groups in total. The minimum Gasteiger partial charge on any atom is -0.300 e. The molecule has 0 spiro atoms. The fourth-order valence-electron chi connectivity index (χ4n) is 3.20. The smallest absolute Gasteiger partial charge is 0.136 e. The van der Waals surface area contributed by atoms with Crippen molar-refractivity contribution >= 4 is 17.1 Å². The molecule has 17 heavy (non-hydrogen) atoms. The van der Waals surface area contributed by atoms with Crippen molar-refractivity contribution in [3.63, 3.8) is 0 Å². The number of hydrogen-bond donors (Lipinski definition) is 0. The van der Waals surface area contributed by atoms with E-state index in [0.29, 0.717) is 17.9 Å². The molecule has 2 atom stereocenters. The number of fused-ring (bicyclic) bond motifs is 2. The molecule has 0 aromatic carbocycles. The van der Waals surface area contributed by atoms with E-state index in [4.69, 9.17) is 0 Å². The van der Waals surface area contributed by atoms with Gasteiger partial charge in [0.25, 0.3) is 0 Å². The molecule has 3 heterocycles. The number of Topliss-reactive ketones (excluding diaryl/α,β-unsaturated/α-hetero) is 1. The number of ketones is 1. The third-order valence-corrected chi connectivity index (χ3v) is 5.32. The Bertz CT molecular complexity index is 410. The van der Waals surface area contributed by atoms with Crippen LogP contribution < -0.4 is 0 Å². The quantitative estimate of drug-likeness (QED) is 0.820. The van der Waals surface area contributed by atoms with Crippen LogP contribution in [0.3, 0.4) is 0 Å². The third-order valence-electron chi connectivity index (χ3n) is 4.10. The van der Waals surface area contributed by atoms with Crippen LogP contribution in [-0.4, -0.2) is 22.8 Å². The summed E-state index contributed by atoms with van der Waals surface area (Å²) < 4.78 is 0. The number of nitrogens with zero attached hydrogens (tertiary/aromatic N) is 1. The minimum absolute atomic E-state index is 0.481. The van der Waals surface area contributed by atoms with Gasteiger partial charge in [-0.25, -0.2) is 0 Å². The number of rotatable bonds is 3. The van der Waals surface area contributed by atoms with E-state index in [1.165, 1.54) is 22.6 Å². The number of carbonyl (C=O) groups excluding carboxylic acids is 1. The molecular formula is C14H19NOS. The van der Waals surface area contributed by atoms with Crippen molar-refractivity contribution in [2.45, 2.75) is 57.7 Å². The van der Waals surface area contributed by atoms with Crippen LogP contribution in [0.4, 0.5) is 0 Å². The van der Waals surface area contributed by atoms with Gasteiger partial charge in [0.1, 0.15) is 5.78 Å². The first-order valence-corrected chi connectivity index (χ1v) is 7.43. The Hall–Kier alpha value is -0.670. The Balaban J connectivity index is 1.71. The van der Waals surface area contributed by atoms with Gasteiger partial charge in [-0.1, -0.05) is 6.92 Å². The monoisotopic (exact) mass is 249 g/mol. The Morgan fingerprint density at radius 3 is 2.47 bits per heavy atom. The normalized spacial score (nSPS) is 28.9. The largest absolute Gasteiger partial charge is 0.300 e. The molecule has 1 aromatic heterocycles. The lowest BCUT2D eigenvalue weighted by Gasteiger charge is -2.33. The van der Waals surface area contributed by atoms with E-state index in [-0.39, 0.29) is 0 Å². The second-order valence-electron chi connectivity index (χ2n) is 5.23. The molecule has 3 rings (SSSR count). The zero-order chi connectivity index (χ0) is 11.8. The number of thiophene rings is 1. The predicted molar refractivity (Wildman–Crippen MR) is 70.3 cm³/mol. The first-order valence-electron chi connectivity index (χ1n) is 6.61. The molecule has 0 saturated carbocycles. The van der Waals surface area contributed by atoms with Gasteiger partial charge in [0.05, 0.1) is 0 Å². The van der Waals surface area contributed by atoms with Gasteiger partial charge in [0.2, 0.25) is 0 Å². The van der Waals surface area contributed by atoms with Crippen LogP contribution in [0.2, 0.25) is 0 Å². The Labute approximate surface area is 107 Å². The van der Waals surface area contributed by atoms with Crippen LogP contribution in [0.5, 0.6) is 0 Å². The van der Waals surface area contributed by atoms with Crippen LogP contribution >= 0.6 is 11.3 Å². The number of aryl methyl sites for hydroxylation is 1. The van der Waals surface area contributed by atoms with E-state index in [9.17, 15) is 4.79 Å². The first kappa shape index (κ1) is 11.4. The lowest BCUT2D eigenvalue weighted by Crippen LogP contribution is -2.42. The highest BCUT2D eigenvalue weighted by Crippen LogP contribution is 2.35. The molecule has 0 amide bonds. The predicted octanol–water partition coefficient (Wildman–Crippen LogP) is 3.01. The average molecular weight is 249 g/mol. The fourth-order valence-corrected chi connectivity index (χ4v) is 4.16. The van der Waals surface area contributed by atoms with Gasteiger partial charge in [0.15, 0.2) is 0 Å². The van der Waals surface area contributed by atoms with Crippen molar-refractivity contribution in [3.8, 4) is 0 Å². The van der Waals surface area contributed by atoms with Gasteiger partial charge in [-0.2, -0.15) is 0 Å². The van der Waals surface area contributed by atoms with Crippen LogP contribution in [0.15, 0.2) is 12.1 Å². The van der Waals surface area contributed by atoms with Gasteiger partial charge in [-0.05, 0) is 31.4 Å². The van der Waals surface area contributed by atoms with Gasteiger partial charge in [-0.3, -0.25) is 9.69 Å². The van der Waals surface area contributed by atoms with E-state index >= 15 is 0 Å². The first-order chi connectivity index (χ1) is 8.26. The number of carbonyl (C=O) groups is 1. The topological polar surface area (TPSA) is 20.3 Å². The Morgan fingerprint density at radius 1 is 1.24 bits per heavy atom. The average Bonchev–Trinajstić information content (AvgIpc) is 2.85. The Morgan fingerprint density at radius 2 is 1.88 bits per heavy atom. The second kappa shape index (κ2) is 4.54. The fraction of sp³-hybridized carbons (Fsp3) is 0.643. The van der Waals surface area contributed by atoms with Crippen LogP contribution in [-0.2, 0) is 17.8 Å². The summed E-state index contributed by atoms with van der Waals surface area (Å²) in [6.45, 7) is 3.27. The maximum atomic E-state index is 11.5. The van der Waals surface area contributed by atoms with E-state index < -0.39 is 0 Å². The van der Waals surface area contributed by atoms with Gasteiger partial charge in [0, 0.05) is 41.2 Å². The van der Waals surface area contributed by atoms with E-state index in [1.807, 2.05) is 11.3 Å². The van der Waals surface area contributed by atoms with Crippen molar-refractivity contribution < 1.29 is 4.79 Å². The lowest BCUT2D eigenvalue weighted by molar-refractivity contribution is -0.123. The maximum absolute atomic E-state index is 11.5. The molecule has 2 fully saturated rings. The van der Waals surface area contributed by atoms with E-state index in [2.05, 4.69) is 24.0 Å². The number of piperidine rings is 1. The minimum atomic E-state index is 0.481. The SMILES string of the molecule is CCc1ccc(CN2C3CCC2CC(=O)C3)s1. The highest BCUT2D eigenvalue weighted by atomic mass is 32.1. The molecule has 1 aromatic rings. The summed E-state index contributed by atoms with van der Waals surface area (Å²) in [6, 6.07) is 5.58. The Kier molecular flexibility index (Phi) is 3.05. The van der Waals surface area contributed by atoms with Crippen LogP contribution in [0, 0.1) is 0 Å². The standard InChI is InChI=1S/C14H19NOS/c1-2-13-5-6-14(17-13)9-15-10-3-4-11(15)8-12(16)7-10/h5-6,10-11H,2-4,7-9H2,1H3. The summed E-state index contributed by atoms with van der Waals surface area (Å²) in [7, 11) is 0. The molecule has 92 valence electrons. The molecule has 2 nitrogen and oxygen atoms in total. The van der Waals surface area contributed by atoms with Crippen molar-refractivity contribution in [1.82, 2.24) is 4.90 Å². The summed E-state index contributed by atoms with van der Waals surface area (Å²) in [4.78, 5) is 17.1. The summed E-state index contributed by atoms with van der Waals surface area (Å²) >= 11 is 1.93. The highest BCUT2D eigenvalue weighted by Gasteiger charge is 2.39. The summed E-state index contributed by atoms with van der Waals surface area (Å²) in [5, 5.41) is 0. The van der Waals surface area contributed by atoms with Crippen LogP contribution in [0.1, 0.15) is 42.4 Å². The maximum Gasteiger partial charge on any atom is 0.136 e. The molecular weight excluding hydrogens is 230 g/mol. The molecule has 0 radical (unpaired) electrons. The molecule has 0 aliphatic carbocycles. The zero-order valence-corrected chi connectivity index (χ0v) is 11.1. The number of hydrogen-bond acceptors (Lipinski definition) is 3. The second-order valence-corrected chi connectivity index (χ2v) is 6.48. The molecule has 3 heteroatoms. The van der Waals surface area contributed by atoms with Crippen molar-refractivity contribution in [3.05, 3.63) is 21.9 Å². The van der Waals surface area contributed by atoms with Gasteiger partial charge < -0.3 is 0 Å². The summed E-state index contributed by atoms with van der Waals surface area (Å²) in [6.07, 6.45) is 5.17. The molecule has 2 aliphatic heterocycles. The molecule has 2 aliphatic rings. The summed E-state index contributed by atoms with van der Waals surface area (Å²) in [5.41, 5.74) is 0. The summed E-state index contributed by atoms with van der Waals surface area (Å²) in [5.74, 6) is 0.481. The van der Waals surface area contributed by atoms with E-state index in [0.717, 1.165) is 25.8 Å². The van der Waals surface area contributed by atoms with Crippen molar-refractivity contribution in [2.75, 3.05) is 0 Å². The van der Waals surface area contributed by atoms with E-state index in [1.54, 1.807) is 0 Å². The lowest BCUT2D eigenvalue weighted by atomic mass is 10.0. The molecule has 2 unspecified atom stereocenters. The van der Waals surface area contributed by atoms with Crippen molar-refractivity contribution in [1.29, 1.82) is 0 Å². The molecule has 2 saturated heterocycles. The molecule has 2 bridgehead atoms. The zero-order valence-electron chi connectivity index (χ0n) is 10.3. The van der Waals surface area contributed by atoms with Gasteiger partial charge in [-0.15, -0.1) is 11.3 Å².